The molecule has 1 aromatic rings. The molecule has 104 valence electrons. The fourth-order valence-corrected chi connectivity index (χ4v) is 3.78. The maximum absolute atomic E-state index is 12.1. The van der Waals surface area contributed by atoms with Gasteiger partial charge in [0.25, 0.3) is 5.91 Å². The third-order valence-corrected chi connectivity index (χ3v) is 4.99. The Morgan fingerprint density at radius 1 is 1.53 bits per heavy atom. The number of sulfone groups is 1. The van der Waals surface area contributed by atoms with Crippen molar-refractivity contribution < 1.29 is 13.2 Å². The van der Waals surface area contributed by atoms with Gasteiger partial charge in [0.2, 0.25) is 0 Å². The predicted molar refractivity (Wildman–Crippen MR) is 73.3 cm³/mol. The summed E-state index contributed by atoms with van der Waals surface area (Å²) in [6, 6.07) is 1.18. The molecule has 1 unspecified atom stereocenters. The highest BCUT2D eigenvalue weighted by Gasteiger charge is 2.29. The maximum Gasteiger partial charge on any atom is 0.253 e. The lowest BCUT2D eigenvalue weighted by Gasteiger charge is -2.12. The van der Waals surface area contributed by atoms with Crippen molar-refractivity contribution in [1.82, 2.24) is 10.3 Å². The van der Waals surface area contributed by atoms with Crippen LogP contribution in [0.5, 0.6) is 0 Å². The Bertz CT molecular complexity index is 603. The number of carbonyl (C=O) groups excluding carboxylic acids is 1. The molecule has 0 radical (unpaired) electrons. The summed E-state index contributed by atoms with van der Waals surface area (Å²) in [7, 11) is -1.34. The Kier molecular flexibility index (Phi) is 3.96. The van der Waals surface area contributed by atoms with Crippen LogP contribution < -0.4 is 10.6 Å². The van der Waals surface area contributed by atoms with Gasteiger partial charge in [-0.1, -0.05) is 11.6 Å². The van der Waals surface area contributed by atoms with Crippen molar-refractivity contribution in [3.05, 3.63) is 22.8 Å². The molecule has 1 aliphatic heterocycles. The normalized spacial score (nSPS) is 21.1. The number of rotatable bonds is 3. The highest BCUT2D eigenvalue weighted by Crippen LogP contribution is 2.19. The Hall–Kier alpha value is -1.34. The predicted octanol–water partition coefficient (Wildman–Crippen LogP) is 0.694. The topological polar surface area (TPSA) is 88.2 Å². The van der Waals surface area contributed by atoms with Gasteiger partial charge in [0.15, 0.2) is 9.84 Å². The Labute approximate surface area is 116 Å². The molecule has 0 aliphatic carbocycles. The number of aromatic nitrogens is 1. The van der Waals surface area contributed by atoms with E-state index in [1.54, 1.807) is 7.05 Å². The Balaban J connectivity index is 2.12. The van der Waals surface area contributed by atoms with Crippen molar-refractivity contribution >= 4 is 33.2 Å². The number of halogens is 1. The van der Waals surface area contributed by atoms with Gasteiger partial charge < -0.3 is 10.6 Å². The van der Waals surface area contributed by atoms with Crippen LogP contribution in [0.2, 0.25) is 5.02 Å². The number of nitrogens with one attached hydrogen (secondary N) is 2. The molecule has 1 aromatic heterocycles. The minimum Gasteiger partial charge on any atom is -0.373 e. The van der Waals surface area contributed by atoms with Crippen molar-refractivity contribution in [3.63, 3.8) is 0 Å². The number of carbonyl (C=O) groups is 1. The fraction of sp³-hybridized carbons (Fsp3) is 0.455. The molecule has 1 aliphatic rings. The average molecular weight is 304 g/mol. The number of amides is 1. The van der Waals surface area contributed by atoms with Crippen LogP contribution in [0.1, 0.15) is 16.8 Å². The number of hydrogen-bond donors (Lipinski definition) is 2. The van der Waals surface area contributed by atoms with Gasteiger partial charge in [0.05, 0.1) is 22.1 Å². The molecule has 1 amide bonds. The van der Waals surface area contributed by atoms with Crippen molar-refractivity contribution in [2.75, 3.05) is 23.9 Å². The summed E-state index contributed by atoms with van der Waals surface area (Å²) in [6.45, 7) is 0. The molecule has 2 rings (SSSR count). The summed E-state index contributed by atoms with van der Waals surface area (Å²) in [6.07, 6.45) is 1.82. The first kappa shape index (κ1) is 14.1. The molecular formula is C11H14ClN3O3S. The van der Waals surface area contributed by atoms with E-state index in [1.807, 2.05) is 0 Å². The molecule has 2 N–H and O–H groups in total. The highest BCUT2D eigenvalue weighted by atomic mass is 35.5. The van der Waals surface area contributed by atoms with Gasteiger partial charge in [-0.15, -0.1) is 0 Å². The van der Waals surface area contributed by atoms with Gasteiger partial charge in [-0.05, 0) is 12.5 Å². The van der Waals surface area contributed by atoms with Crippen molar-refractivity contribution in [1.29, 1.82) is 0 Å². The molecule has 0 aromatic carbocycles. The van der Waals surface area contributed by atoms with Gasteiger partial charge in [0, 0.05) is 19.3 Å². The van der Waals surface area contributed by atoms with Gasteiger partial charge in [-0.2, -0.15) is 0 Å². The lowest BCUT2D eigenvalue weighted by Crippen LogP contribution is -2.35. The summed E-state index contributed by atoms with van der Waals surface area (Å²) < 4.78 is 22.7. The third-order valence-electron chi connectivity index (χ3n) is 2.92. The second-order valence-electron chi connectivity index (χ2n) is 4.37. The molecule has 0 bridgehead atoms. The summed E-state index contributed by atoms with van der Waals surface area (Å²) in [5, 5.41) is 5.73. The quantitative estimate of drug-likeness (QED) is 0.858. The molecule has 6 nitrogen and oxygen atoms in total. The van der Waals surface area contributed by atoms with E-state index in [0.717, 1.165) is 0 Å². The van der Waals surface area contributed by atoms with Crippen LogP contribution in [-0.4, -0.2) is 43.9 Å². The monoisotopic (exact) mass is 303 g/mol. The van der Waals surface area contributed by atoms with Crippen LogP contribution in [-0.2, 0) is 9.84 Å². The van der Waals surface area contributed by atoms with E-state index < -0.39 is 9.84 Å². The second kappa shape index (κ2) is 5.34. The van der Waals surface area contributed by atoms with E-state index in [-0.39, 0.29) is 34.0 Å². The summed E-state index contributed by atoms with van der Waals surface area (Å²) >= 11 is 5.92. The summed E-state index contributed by atoms with van der Waals surface area (Å²) in [4.78, 5) is 16.0. The van der Waals surface area contributed by atoms with Crippen LogP contribution in [0, 0.1) is 0 Å². The molecule has 1 saturated heterocycles. The van der Waals surface area contributed by atoms with E-state index in [0.29, 0.717) is 12.2 Å². The first-order valence-corrected chi connectivity index (χ1v) is 7.96. The van der Waals surface area contributed by atoms with E-state index in [4.69, 9.17) is 11.6 Å². The zero-order valence-corrected chi connectivity index (χ0v) is 11.9. The van der Waals surface area contributed by atoms with E-state index >= 15 is 0 Å². The molecular weight excluding hydrogens is 290 g/mol. The molecule has 0 spiro atoms. The van der Waals surface area contributed by atoms with Crippen molar-refractivity contribution in [3.8, 4) is 0 Å². The molecule has 2 heterocycles. The zero-order chi connectivity index (χ0) is 14.0. The number of nitrogens with zero attached hydrogens (tertiary/aromatic N) is 1. The van der Waals surface area contributed by atoms with E-state index in [1.165, 1.54) is 12.3 Å². The Morgan fingerprint density at radius 2 is 2.26 bits per heavy atom. The van der Waals surface area contributed by atoms with Gasteiger partial charge in [-0.25, -0.2) is 13.4 Å². The van der Waals surface area contributed by atoms with E-state index in [2.05, 4.69) is 15.6 Å². The lowest BCUT2D eigenvalue weighted by molar-refractivity contribution is 0.0941. The summed E-state index contributed by atoms with van der Waals surface area (Å²) in [5.74, 6) is 0.240. The molecule has 1 fully saturated rings. The van der Waals surface area contributed by atoms with Crippen LogP contribution in [0.4, 0.5) is 5.82 Å². The average Bonchev–Trinajstić information content (AvgIpc) is 2.69. The standard InChI is InChI=1S/C11H14ClN3O3S/c1-13-10-4-8(9(12)5-14-10)11(16)15-7-2-3-19(17,18)6-7/h4-5,7H,2-3,6H2,1H3,(H,13,14)(H,15,16). The zero-order valence-electron chi connectivity index (χ0n) is 10.3. The van der Waals surface area contributed by atoms with Crippen LogP contribution in [0.25, 0.3) is 0 Å². The smallest absolute Gasteiger partial charge is 0.253 e. The number of anilines is 1. The van der Waals surface area contributed by atoms with Gasteiger partial charge in [-0.3, -0.25) is 4.79 Å². The fourth-order valence-electron chi connectivity index (χ4n) is 1.92. The van der Waals surface area contributed by atoms with Crippen LogP contribution >= 0.6 is 11.6 Å². The molecule has 8 heteroatoms. The van der Waals surface area contributed by atoms with Crippen molar-refractivity contribution in [2.24, 2.45) is 0 Å². The maximum atomic E-state index is 12.1. The SMILES string of the molecule is CNc1cc(C(=O)NC2CCS(=O)(=O)C2)c(Cl)cn1. The summed E-state index contributed by atoms with van der Waals surface area (Å²) in [5.41, 5.74) is 0.283. The third kappa shape index (κ3) is 3.36. The highest BCUT2D eigenvalue weighted by molar-refractivity contribution is 7.91. The minimum atomic E-state index is -3.02. The molecule has 0 saturated carbocycles. The lowest BCUT2D eigenvalue weighted by atomic mass is 10.2. The molecule has 1 atom stereocenters. The number of pyridine rings is 1. The Morgan fingerprint density at radius 3 is 2.84 bits per heavy atom. The van der Waals surface area contributed by atoms with Gasteiger partial charge in [0.1, 0.15) is 5.82 Å². The van der Waals surface area contributed by atoms with Gasteiger partial charge >= 0.3 is 0 Å². The van der Waals surface area contributed by atoms with Crippen molar-refractivity contribution in [2.45, 2.75) is 12.5 Å². The first-order chi connectivity index (χ1) is 8.91. The first-order valence-electron chi connectivity index (χ1n) is 5.76. The van der Waals surface area contributed by atoms with Crippen LogP contribution in [0.3, 0.4) is 0 Å². The second-order valence-corrected chi connectivity index (χ2v) is 7.01. The largest absolute Gasteiger partial charge is 0.373 e. The molecule has 19 heavy (non-hydrogen) atoms. The minimum absolute atomic E-state index is 0.0136. The van der Waals surface area contributed by atoms with Crippen LogP contribution in [0.15, 0.2) is 12.3 Å². The number of hydrogen-bond acceptors (Lipinski definition) is 5. The van der Waals surface area contributed by atoms with E-state index in [9.17, 15) is 13.2 Å².